The lowest BCUT2D eigenvalue weighted by Crippen LogP contribution is -2.18. The summed E-state index contributed by atoms with van der Waals surface area (Å²) >= 11 is 0. The SMILES string of the molecule is Cc1cc(NC(=O)CC2CCNC2)ccc1O. The zero-order chi connectivity index (χ0) is 12.3. The summed E-state index contributed by atoms with van der Waals surface area (Å²) in [7, 11) is 0. The number of hydrogen-bond acceptors (Lipinski definition) is 3. The minimum absolute atomic E-state index is 0.0452. The largest absolute Gasteiger partial charge is 0.508 e. The van der Waals surface area contributed by atoms with Gasteiger partial charge in [0, 0.05) is 12.1 Å². The predicted molar refractivity (Wildman–Crippen MR) is 67.1 cm³/mol. The van der Waals surface area contributed by atoms with Gasteiger partial charge < -0.3 is 15.7 Å². The number of anilines is 1. The van der Waals surface area contributed by atoms with Gasteiger partial charge in [-0.25, -0.2) is 0 Å². The number of benzene rings is 1. The molecule has 0 bridgehead atoms. The van der Waals surface area contributed by atoms with E-state index >= 15 is 0 Å². The van der Waals surface area contributed by atoms with E-state index in [4.69, 9.17) is 0 Å². The fourth-order valence-corrected chi connectivity index (χ4v) is 2.10. The van der Waals surface area contributed by atoms with Crippen LogP contribution in [0.25, 0.3) is 0 Å². The Morgan fingerprint density at radius 2 is 2.41 bits per heavy atom. The molecule has 4 nitrogen and oxygen atoms in total. The topological polar surface area (TPSA) is 61.4 Å². The molecule has 1 aliphatic rings. The number of rotatable bonds is 3. The van der Waals surface area contributed by atoms with Crippen LogP contribution in [-0.2, 0) is 4.79 Å². The number of aryl methyl sites for hydroxylation is 1. The Balaban J connectivity index is 1.90. The van der Waals surface area contributed by atoms with Gasteiger partial charge in [0.15, 0.2) is 0 Å². The highest BCUT2D eigenvalue weighted by Gasteiger charge is 2.17. The lowest BCUT2D eigenvalue weighted by atomic mass is 10.0. The van der Waals surface area contributed by atoms with Crippen molar-refractivity contribution in [2.75, 3.05) is 18.4 Å². The van der Waals surface area contributed by atoms with Crippen LogP contribution in [0.2, 0.25) is 0 Å². The summed E-state index contributed by atoms with van der Waals surface area (Å²) in [5, 5.41) is 15.5. The molecule has 1 heterocycles. The third-order valence-electron chi connectivity index (χ3n) is 3.12. The Bertz CT molecular complexity index is 412. The van der Waals surface area contributed by atoms with Gasteiger partial charge in [0.1, 0.15) is 5.75 Å². The number of amides is 1. The normalized spacial score (nSPS) is 19.2. The van der Waals surface area contributed by atoms with Gasteiger partial charge in [-0.2, -0.15) is 0 Å². The molecule has 3 N–H and O–H groups in total. The lowest BCUT2D eigenvalue weighted by Gasteiger charge is -2.10. The van der Waals surface area contributed by atoms with Crippen molar-refractivity contribution in [3.05, 3.63) is 23.8 Å². The van der Waals surface area contributed by atoms with Crippen molar-refractivity contribution in [3.8, 4) is 5.75 Å². The van der Waals surface area contributed by atoms with E-state index in [2.05, 4.69) is 10.6 Å². The first-order chi connectivity index (χ1) is 8.15. The number of phenolic OH excluding ortho intramolecular Hbond substituents is 1. The lowest BCUT2D eigenvalue weighted by molar-refractivity contribution is -0.116. The molecule has 0 saturated carbocycles. The maximum Gasteiger partial charge on any atom is 0.224 e. The molecule has 0 aliphatic carbocycles. The zero-order valence-corrected chi connectivity index (χ0v) is 9.99. The highest BCUT2D eigenvalue weighted by molar-refractivity contribution is 5.91. The van der Waals surface area contributed by atoms with Gasteiger partial charge in [-0.1, -0.05) is 0 Å². The quantitative estimate of drug-likeness (QED) is 0.697. The second kappa shape index (κ2) is 5.19. The van der Waals surface area contributed by atoms with Crippen LogP contribution in [0.3, 0.4) is 0 Å². The fraction of sp³-hybridized carbons (Fsp3) is 0.462. The van der Waals surface area contributed by atoms with Crippen molar-refractivity contribution in [2.24, 2.45) is 5.92 Å². The molecule has 1 amide bonds. The fourth-order valence-electron chi connectivity index (χ4n) is 2.10. The van der Waals surface area contributed by atoms with Gasteiger partial charge in [-0.05, 0) is 56.1 Å². The minimum Gasteiger partial charge on any atom is -0.508 e. The minimum atomic E-state index is 0.0452. The van der Waals surface area contributed by atoms with E-state index in [-0.39, 0.29) is 11.7 Å². The van der Waals surface area contributed by atoms with Crippen molar-refractivity contribution in [3.63, 3.8) is 0 Å². The molecule has 92 valence electrons. The number of carbonyl (C=O) groups excluding carboxylic acids is 1. The standard InChI is InChI=1S/C13H18N2O2/c1-9-6-11(2-3-12(9)16)15-13(17)7-10-4-5-14-8-10/h2-3,6,10,14,16H,4-5,7-8H2,1H3,(H,15,17). The number of carbonyl (C=O) groups is 1. The molecule has 1 aromatic rings. The van der Waals surface area contributed by atoms with Crippen LogP contribution in [-0.4, -0.2) is 24.1 Å². The van der Waals surface area contributed by atoms with Crippen molar-refractivity contribution >= 4 is 11.6 Å². The first-order valence-corrected chi connectivity index (χ1v) is 5.95. The van der Waals surface area contributed by atoms with Gasteiger partial charge in [-0.3, -0.25) is 4.79 Å². The van der Waals surface area contributed by atoms with E-state index in [1.807, 2.05) is 6.92 Å². The van der Waals surface area contributed by atoms with Gasteiger partial charge in [0.25, 0.3) is 0 Å². The monoisotopic (exact) mass is 234 g/mol. The maximum absolute atomic E-state index is 11.8. The smallest absolute Gasteiger partial charge is 0.224 e. The highest BCUT2D eigenvalue weighted by Crippen LogP contribution is 2.21. The van der Waals surface area contributed by atoms with Crippen LogP contribution in [0.5, 0.6) is 5.75 Å². The molecule has 1 aromatic carbocycles. The zero-order valence-electron chi connectivity index (χ0n) is 9.99. The summed E-state index contributed by atoms with van der Waals surface area (Å²) in [6, 6.07) is 5.09. The third-order valence-corrected chi connectivity index (χ3v) is 3.12. The molecule has 1 aliphatic heterocycles. The van der Waals surface area contributed by atoms with Crippen molar-refractivity contribution in [1.29, 1.82) is 0 Å². The van der Waals surface area contributed by atoms with Crippen LogP contribution in [0.4, 0.5) is 5.69 Å². The van der Waals surface area contributed by atoms with Gasteiger partial charge in [-0.15, -0.1) is 0 Å². The van der Waals surface area contributed by atoms with Crippen LogP contribution >= 0.6 is 0 Å². The Hall–Kier alpha value is -1.55. The van der Waals surface area contributed by atoms with Crippen LogP contribution in [0.15, 0.2) is 18.2 Å². The van der Waals surface area contributed by atoms with Crippen molar-refractivity contribution in [2.45, 2.75) is 19.8 Å². The third kappa shape index (κ3) is 3.20. The summed E-state index contributed by atoms with van der Waals surface area (Å²) in [6.45, 7) is 3.75. The molecule has 0 radical (unpaired) electrons. The van der Waals surface area contributed by atoms with E-state index in [1.165, 1.54) is 0 Å². The highest BCUT2D eigenvalue weighted by atomic mass is 16.3. The molecule has 1 fully saturated rings. The summed E-state index contributed by atoms with van der Waals surface area (Å²) in [6.07, 6.45) is 1.63. The van der Waals surface area contributed by atoms with Gasteiger partial charge in [0.05, 0.1) is 0 Å². The number of phenols is 1. The van der Waals surface area contributed by atoms with Crippen molar-refractivity contribution in [1.82, 2.24) is 5.32 Å². The van der Waals surface area contributed by atoms with Crippen LogP contribution in [0, 0.1) is 12.8 Å². The van der Waals surface area contributed by atoms with E-state index in [1.54, 1.807) is 18.2 Å². The summed E-state index contributed by atoms with van der Waals surface area (Å²) < 4.78 is 0. The molecule has 2 rings (SSSR count). The number of nitrogens with one attached hydrogen (secondary N) is 2. The summed E-state index contributed by atoms with van der Waals surface area (Å²) in [4.78, 5) is 11.8. The maximum atomic E-state index is 11.8. The van der Waals surface area contributed by atoms with Crippen molar-refractivity contribution < 1.29 is 9.90 Å². The number of aromatic hydroxyl groups is 1. The molecule has 4 heteroatoms. The molecule has 1 saturated heterocycles. The Morgan fingerprint density at radius 1 is 1.59 bits per heavy atom. The average molecular weight is 234 g/mol. The average Bonchev–Trinajstić information content (AvgIpc) is 2.76. The molecule has 0 aromatic heterocycles. The molecule has 17 heavy (non-hydrogen) atoms. The molecular weight excluding hydrogens is 216 g/mol. The van der Waals surface area contributed by atoms with E-state index in [0.29, 0.717) is 12.3 Å². The molecular formula is C13H18N2O2. The molecule has 1 unspecified atom stereocenters. The number of hydrogen-bond donors (Lipinski definition) is 3. The summed E-state index contributed by atoms with van der Waals surface area (Å²) in [5.41, 5.74) is 1.52. The first-order valence-electron chi connectivity index (χ1n) is 5.95. The van der Waals surface area contributed by atoms with E-state index in [0.717, 1.165) is 30.8 Å². The molecule has 0 spiro atoms. The van der Waals surface area contributed by atoms with E-state index in [9.17, 15) is 9.90 Å². The van der Waals surface area contributed by atoms with Crippen LogP contribution < -0.4 is 10.6 Å². The Morgan fingerprint density at radius 3 is 3.06 bits per heavy atom. The second-order valence-corrected chi connectivity index (χ2v) is 4.61. The Kier molecular flexibility index (Phi) is 3.64. The summed E-state index contributed by atoms with van der Waals surface area (Å²) in [5.74, 6) is 0.750. The van der Waals surface area contributed by atoms with Crippen LogP contribution in [0.1, 0.15) is 18.4 Å². The van der Waals surface area contributed by atoms with Gasteiger partial charge in [0.2, 0.25) is 5.91 Å². The van der Waals surface area contributed by atoms with E-state index < -0.39 is 0 Å². The Labute approximate surface area is 101 Å². The first kappa shape index (κ1) is 11.9. The second-order valence-electron chi connectivity index (χ2n) is 4.61. The molecule has 1 atom stereocenters. The predicted octanol–water partition coefficient (Wildman–Crippen LogP) is 1.64. The van der Waals surface area contributed by atoms with Gasteiger partial charge >= 0.3 is 0 Å².